The van der Waals surface area contributed by atoms with Gasteiger partial charge in [0.25, 0.3) is 0 Å². The standard InChI is InChI=1S/C14H18ClNO3S/c1-2-3-8-20-9-12(17)16-13(14(18)19)10-6-4-5-7-11(10)15/h4-7,13H,2-3,8-9H2,1H3,(H,16,17)(H,18,19)/t13-/m1/s1. The molecule has 1 aromatic carbocycles. The summed E-state index contributed by atoms with van der Waals surface area (Å²) in [5.41, 5.74) is 0.397. The molecular formula is C14H18ClNO3S. The first-order chi connectivity index (χ1) is 9.56. The molecule has 0 saturated carbocycles. The molecule has 0 aliphatic carbocycles. The van der Waals surface area contributed by atoms with Crippen molar-refractivity contribution in [3.05, 3.63) is 34.9 Å². The molecule has 20 heavy (non-hydrogen) atoms. The second kappa shape index (κ2) is 8.87. The van der Waals surface area contributed by atoms with Crippen molar-refractivity contribution in [3.8, 4) is 0 Å². The second-order valence-electron chi connectivity index (χ2n) is 4.27. The summed E-state index contributed by atoms with van der Waals surface area (Å²) in [5.74, 6) is -0.259. The molecule has 0 aliphatic heterocycles. The normalized spacial score (nSPS) is 11.9. The van der Waals surface area contributed by atoms with Crippen LogP contribution in [0.25, 0.3) is 0 Å². The van der Waals surface area contributed by atoms with Crippen molar-refractivity contribution in [2.45, 2.75) is 25.8 Å². The van der Waals surface area contributed by atoms with Crippen LogP contribution >= 0.6 is 23.4 Å². The number of unbranched alkanes of at least 4 members (excludes halogenated alkanes) is 1. The average molecular weight is 316 g/mol. The molecule has 0 heterocycles. The average Bonchev–Trinajstić information content (AvgIpc) is 2.42. The van der Waals surface area contributed by atoms with E-state index in [2.05, 4.69) is 12.2 Å². The number of carboxylic acids is 1. The Labute approximate surface area is 127 Å². The Kier molecular flexibility index (Phi) is 7.47. The van der Waals surface area contributed by atoms with Crippen LogP contribution < -0.4 is 5.32 Å². The Hall–Kier alpha value is -1.20. The van der Waals surface area contributed by atoms with Gasteiger partial charge < -0.3 is 10.4 Å². The van der Waals surface area contributed by atoms with Crippen LogP contribution in [0.3, 0.4) is 0 Å². The van der Waals surface area contributed by atoms with Crippen molar-refractivity contribution in [1.29, 1.82) is 0 Å². The van der Waals surface area contributed by atoms with Gasteiger partial charge in [-0.15, -0.1) is 0 Å². The van der Waals surface area contributed by atoms with Gasteiger partial charge in [-0.25, -0.2) is 4.79 Å². The van der Waals surface area contributed by atoms with Gasteiger partial charge in [-0.1, -0.05) is 43.1 Å². The van der Waals surface area contributed by atoms with Crippen LogP contribution in [0.2, 0.25) is 5.02 Å². The number of hydrogen-bond acceptors (Lipinski definition) is 3. The zero-order valence-electron chi connectivity index (χ0n) is 11.3. The van der Waals surface area contributed by atoms with E-state index in [0.29, 0.717) is 10.6 Å². The summed E-state index contributed by atoms with van der Waals surface area (Å²) in [6.07, 6.45) is 2.12. The molecule has 0 aromatic heterocycles. The number of carboxylic acid groups (broad SMARTS) is 1. The van der Waals surface area contributed by atoms with E-state index in [0.717, 1.165) is 18.6 Å². The molecule has 1 atom stereocenters. The Balaban J connectivity index is 2.62. The SMILES string of the molecule is CCCCSCC(=O)N[C@@H](C(=O)O)c1ccccc1Cl. The van der Waals surface area contributed by atoms with E-state index < -0.39 is 12.0 Å². The lowest BCUT2D eigenvalue weighted by Gasteiger charge is -2.16. The van der Waals surface area contributed by atoms with E-state index in [1.807, 2.05) is 0 Å². The van der Waals surface area contributed by atoms with Crippen molar-refractivity contribution in [3.63, 3.8) is 0 Å². The van der Waals surface area contributed by atoms with Crippen molar-refractivity contribution in [1.82, 2.24) is 5.32 Å². The maximum Gasteiger partial charge on any atom is 0.330 e. The molecule has 1 amide bonds. The van der Waals surface area contributed by atoms with Crippen molar-refractivity contribution < 1.29 is 14.7 Å². The van der Waals surface area contributed by atoms with E-state index in [-0.39, 0.29) is 11.7 Å². The van der Waals surface area contributed by atoms with Gasteiger partial charge in [-0.05, 0) is 18.2 Å². The molecule has 0 radical (unpaired) electrons. The van der Waals surface area contributed by atoms with E-state index in [9.17, 15) is 14.7 Å². The van der Waals surface area contributed by atoms with Gasteiger partial charge in [0, 0.05) is 10.6 Å². The van der Waals surface area contributed by atoms with Crippen LogP contribution in [0.1, 0.15) is 31.4 Å². The number of carbonyl (C=O) groups excluding carboxylic acids is 1. The highest BCUT2D eigenvalue weighted by atomic mass is 35.5. The summed E-state index contributed by atoms with van der Waals surface area (Å²) in [6.45, 7) is 2.08. The molecule has 2 N–H and O–H groups in total. The van der Waals surface area contributed by atoms with E-state index in [4.69, 9.17) is 11.6 Å². The van der Waals surface area contributed by atoms with Gasteiger partial charge in [-0.3, -0.25) is 4.79 Å². The Morgan fingerprint density at radius 3 is 2.70 bits per heavy atom. The maximum atomic E-state index is 11.8. The zero-order chi connectivity index (χ0) is 15.0. The minimum Gasteiger partial charge on any atom is -0.479 e. The molecule has 1 aromatic rings. The van der Waals surface area contributed by atoms with Crippen molar-refractivity contribution in [2.24, 2.45) is 0 Å². The summed E-state index contributed by atoms with van der Waals surface area (Å²) in [4.78, 5) is 23.1. The van der Waals surface area contributed by atoms with Gasteiger partial charge in [0.15, 0.2) is 6.04 Å². The third-order valence-corrected chi connectivity index (χ3v) is 4.03. The second-order valence-corrected chi connectivity index (χ2v) is 5.78. The molecule has 0 bridgehead atoms. The van der Waals surface area contributed by atoms with E-state index >= 15 is 0 Å². The van der Waals surface area contributed by atoms with Gasteiger partial charge >= 0.3 is 5.97 Å². The predicted molar refractivity (Wildman–Crippen MR) is 82.2 cm³/mol. The molecule has 110 valence electrons. The van der Waals surface area contributed by atoms with Crippen LogP contribution in [-0.4, -0.2) is 28.5 Å². The fraction of sp³-hybridized carbons (Fsp3) is 0.429. The summed E-state index contributed by atoms with van der Waals surface area (Å²) < 4.78 is 0. The zero-order valence-corrected chi connectivity index (χ0v) is 12.8. The maximum absolute atomic E-state index is 11.8. The van der Waals surface area contributed by atoms with Crippen LogP contribution in [0.5, 0.6) is 0 Å². The van der Waals surface area contributed by atoms with Crippen molar-refractivity contribution >= 4 is 35.2 Å². The summed E-state index contributed by atoms with van der Waals surface area (Å²) in [5, 5.41) is 12.1. The first-order valence-corrected chi connectivity index (χ1v) is 7.93. The highest BCUT2D eigenvalue weighted by Gasteiger charge is 2.23. The first kappa shape index (κ1) is 16.9. The number of amides is 1. The number of benzene rings is 1. The van der Waals surface area contributed by atoms with E-state index in [1.165, 1.54) is 11.8 Å². The number of nitrogens with one attached hydrogen (secondary N) is 1. The number of hydrogen-bond donors (Lipinski definition) is 2. The Bertz CT molecular complexity index is 467. The summed E-state index contributed by atoms with van der Waals surface area (Å²) in [6, 6.07) is 5.51. The third-order valence-electron chi connectivity index (χ3n) is 2.64. The molecule has 4 nitrogen and oxygen atoms in total. The predicted octanol–water partition coefficient (Wildman–Crippen LogP) is 3.12. The number of aliphatic carboxylic acids is 1. The minimum absolute atomic E-state index is 0.258. The quantitative estimate of drug-likeness (QED) is 0.723. The monoisotopic (exact) mass is 315 g/mol. The number of carbonyl (C=O) groups is 2. The molecular weight excluding hydrogens is 298 g/mol. The lowest BCUT2D eigenvalue weighted by Crippen LogP contribution is -2.35. The minimum atomic E-state index is -1.12. The highest BCUT2D eigenvalue weighted by Crippen LogP contribution is 2.23. The first-order valence-electron chi connectivity index (χ1n) is 6.40. The van der Waals surface area contributed by atoms with Gasteiger partial charge in [-0.2, -0.15) is 11.8 Å². The molecule has 6 heteroatoms. The van der Waals surface area contributed by atoms with E-state index in [1.54, 1.807) is 24.3 Å². The van der Waals surface area contributed by atoms with Crippen molar-refractivity contribution in [2.75, 3.05) is 11.5 Å². The van der Waals surface area contributed by atoms with Crippen LogP contribution in [-0.2, 0) is 9.59 Å². The Morgan fingerprint density at radius 2 is 2.10 bits per heavy atom. The largest absolute Gasteiger partial charge is 0.479 e. The molecule has 1 rings (SSSR count). The van der Waals surface area contributed by atoms with Crippen LogP contribution in [0.15, 0.2) is 24.3 Å². The van der Waals surface area contributed by atoms with Gasteiger partial charge in [0.05, 0.1) is 5.75 Å². The molecule has 0 fully saturated rings. The third kappa shape index (κ3) is 5.43. The fourth-order valence-corrected chi connectivity index (χ4v) is 2.75. The molecule has 0 aliphatic rings. The number of halogens is 1. The topological polar surface area (TPSA) is 66.4 Å². The van der Waals surface area contributed by atoms with Crippen LogP contribution in [0, 0.1) is 0 Å². The number of thioether (sulfide) groups is 1. The highest BCUT2D eigenvalue weighted by molar-refractivity contribution is 7.99. The number of rotatable bonds is 8. The summed E-state index contributed by atoms with van der Waals surface area (Å²) in [7, 11) is 0. The Morgan fingerprint density at radius 1 is 1.40 bits per heavy atom. The lowest BCUT2D eigenvalue weighted by atomic mass is 10.1. The molecule has 0 spiro atoms. The van der Waals surface area contributed by atoms with Gasteiger partial charge in [0.1, 0.15) is 0 Å². The summed E-state index contributed by atoms with van der Waals surface area (Å²) >= 11 is 7.47. The molecule has 0 unspecified atom stereocenters. The lowest BCUT2D eigenvalue weighted by molar-refractivity contribution is -0.141. The van der Waals surface area contributed by atoms with Gasteiger partial charge in [0.2, 0.25) is 5.91 Å². The molecule has 0 saturated heterocycles. The van der Waals surface area contributed by atoms with Crippen LogP contribution in [0.4, 0.5) is 0 Å². The fourth-order valence-electron chi connectivity index (χ4n) is 1.60. The smallest absolute Gasteiger partial charge is 0.330 e.